The molecule has 1 spiro atoms. The summed E-state index contributed by atoms with van der Waals surface area (Å²) in [6.45, 7) is 2.38. The molecule has 3 aromatic rings. The molecule has 0 bridgehead atoms. The molecular formula is C22H23N3O5. The summed E-state index contributed by atoms with van der Waals surface area (Å²) in [6.07, 6.45) is 2.93. The van der Waals surface area contributed by atoms with Gasteiger partial charge in [0.2, 0.25) is 0 Å². The summed E-state index contributed by atoms with van der Waals surface area (Å²) in [4.78, 5) is 15.3. The van der Waals surface area contributed by atoms with Crippen LogP contribution in [0.2, 0.25) is 0 Å². The Morgan fingerprint density at radius 2 is 1.83 bits per heavy atom. The molecule has 156 valence electrons. The van der Waals surface area contributed by atoms with Crippen molar-refractivity contribution in [1.29, 1.82) is 0 Å². The lowest BCUT2D eigenvalue weighted by atomic mass is 10.0. The van der Waals surface area contributed by atoms with Crippen LogP contribution in [0.5, 0.6) is 5.75 Å². The van der Waals surface area contributed by atoms with Gasteiger partial charge in [-0.1, -0.05) is 0 Å². The number of piperidine rings is 1. The van der Waals surface area contributed by atoms with E-state index in [-0.39, 0.29) is 5.91 Å². The molecular weight excluding hydrogens is 386 g/mol. The number of aromatic nitrogens is 2. The van der Waals surface area contributed by atoms with Crippen molar-refractivity contribution in [1.82, 2.24) is 14.7 Å². The van der Waals surface area contributed by atoms with Crippen LogP contribution < -0.4 is 4.74 Å². The lowest BCUT2D eigenvalue weighted by Gasteiger charge is -2.37. The van der Waals surface area contributed by atoms with Crippen LogP contribution in [0.4, 0.5) is 0 Å². The maximum Gasteiger partial charge on any atom is 0.272 e. The van der Waals surface area contributed by atoms with Gasteiger partial charge in [-0.25, -0.2) is 4.68 Å². The van der Waals surface area contributed by atoms with E-state index in [1.807, 2.05) is 35.2 Å². The molecule has 2 saturated heterocycles. The maximum atomic E-state index is 13.4. The Morgan fingerprint density at radius 3 is 2.47 bits per heavy atom. The van der Waals surface area contributed by atoms with Gasteiger partial charge in [-0.3, -0.25) is 4.79 Å². The molecule has 0 N–H and O–H groups in total. The summed E-state index contributed by atoms with van der Waals surface area (Å²) < 4.78 is 24.0. The summed E-state index contributed by atoms with van der Waals surface area (Å²) in [7, 11) is 1.62. The Bertz CT molecular complexity index is 1010. The number of carbonyl (C=O) groups is 1. The Kier molecular flexibility index (Phi) is 4.80. The summed E-state index contributed by atoms with van der Waals surface area (Å²) >= 11 is 0. The van der Waals surface area contributed by atoms with Gasteiger partial charge < -0.3 is 23.5 Å². The van der Waals surface area contributed by atoms with Crippen LogP contribution in [-0.4, -0.2) is 59.8 Å². The number of likely N-dealkylation sites (tertiary alicyclic amines) is 1. The molecule has 0 saturated carbocycles. The van der Waals surface area contributed by atoms with E-state index in [1.54, 1.807) is 30.2 Å². The van der Waals surface area contributed by atoms with Crippen LogP contribution in [-0.2, 0) is 9.47 Å². The lowest BCUT2D eigenvalue weighted by Crippen LogP contribution is -2.47. The minimum atomic E-state index is -0.521. The first-order valence-corrected chi connectivity index (χ1v) is 10.0. The molecule has 8 nitrogen and oxygen atoms in total. The van der Waals surface area contributed by atoms with Gasteiger partial charge in [0, 0.05) is 32.0 Å². The number of carbonyl (C=O) groups excluding carboxylic acids is 1. The Labute approximate surface area is 173 Å². The van der Waals surface area contributed by atoms with Crippen LogP contribution in [0.1, 0.15) is 23.3 Å². The highest BCUT2D eigenvalue weighted by Crippen LogP contribution is 2.32. The van der Waals surface area contributed by atoms with Gasteiger partial charge in [-0.2, -0.15) is 5.10 Å². The normalized spacial score (nSPS) is 18.1. The zero-order valence-corrected chi connectivity index (χ0v) is 16.7. The van der Waals surface area contributed by atoms with Crippen molar-refractivity contribution in [2.24, 2.45) is 0 Å². The zero-order chi connectivity index (χ0) is 20.6. The molecule has 2 aromatic heterocycles. The number of furan rings is 1. The predicted octanol–water partition coefficient (Wildman–Crippen LogP) is 3.12. The third kappa shape index (κ3) is 3.38. The molecule has 0 aliphatic carbocycles. The molecule has 30 heavy (non-hydrogen) atoms. The number of hydrogen-bond acceptors (Lipinski definition) is 6. The first kappa shape index (κ1) is 18.9. The van der Waals surface area contributed by atoms with E-state index < -0.39 is 5.79 Å². The van der Waals surface area contributed by atoms with E-state index in [0.29, 0.717) is 56.3 Å². The zero-order valence-electron chi connectivity index (χ0n) is 16.7. The number of rotatable bonds is 4. The Morgan fingerprint density at radius 1 is 1.10 bits per heavy atom. The topological polar surface area (TPSA) is 79.0 Å². The van der Waals surface area contributed by atoms with Crippen LogP contribution in [0, 0.1) is 0 Å². The van der Waals surface area contributed by atoms with E-state index in [4.69, 9.17) is 18.6 Å². The molecule has 2 aliphatic heterocycles. The summed E-state index contributed by atoms with van der Waals surface area (Å²) in [5.41, 5.74) is 1.86. The van der Waals surface area contributed by atoms with Gasteiger partial charge in [0.1, 0.15) is 17.1 Å². The second kappa shape index (κ2) is 7.62. The molecule has 5 rings (SSSR count). The summed E-state index contributed by atoms with van der Waals surface area (Å²) in [5.74, 6) is 0.750. The van der Waals surface area contributed by atoms with Crippen molar-refractivity contribution in [3.05, 3.63) is 54.4 Å². The fraction of sp³-hybridized carbons (Fsp3) is 0.364. The smallest absolute Gasteiger partial charge is 0.272 e. The molecule has 1 amide bonds. The largest absolute Gasteiger partial charge is 0.497 e. The summed E-state index contributed by atoms with van der Waals surface area (Å²) in [6, 6.07) is 12.8. The SMILES string of the molecule is COc1ccc(-n2nc(-c3ccco3)cc2C(=O)N2CCC3(CC2)OCCO3)cc1. The number of methoxy groups -OCH3 is 1. The molecule has 2 aliphatic rings. The Hall–Kier alpha value is -3.10. The minimum absolute atomic E-state index is 0.0797. The molecule has 1 aromatic carbocycles. The number of benzene rings is 1. The van der Waals surface area contributed by atoms with Crippen LogP contribution in [0.25, 0.3) is 17.1 Å². The second-order valence-corrected chi connectivity index (χ2v) is 7.40. The standard InChI is InChI=1S/C22H23N3O5/c1-27-17-6-4-16(5-7-17)25-19(15-18(23-25)20-3-2-12-28-20)21(26)24-10-8-22(9-11-24)29-13-14-30-22/h2-7,12,15H,8-11,13-14H2,1H3. The van der Waals surface area contributed by atoms with Crippen molar-refractivity contribution in [3.63, 3.8) is 0 Å². The predicted molar refractivity (Wildman–Crippen MR) is 108 cm³/mol. The fourth-order valence-electron chi connectivity index (χ4n) is 4.00. The van der Waals surface area contributed by atoms with E-state index >= 15 is 0 Å². The number of hydrogen-bond donors (Lipinski definition) is 0. The number of amides is 1. The van der Waals surface area contributed by atoms with Crippen molar-refractivity contribution in [2.45, 2.75) is 18.6 Å². The van der Waals surface area contributed by atoms with Crippen molar-refractivity contribution >= 4 is 5.91 Å². The molecule has 8 heteroatoms. The highest BCUT2D eigenvalue weighted by atomic mass is 16.7. The summed E-state index contributed by atoms with van der Waals surface area (Å²) in [5, 5.41) is 4.65. The van der Waals surface area contributed by atoms with Gasteiger partial charge >= 0.3 is 0 Å². The van der Waals surface area contributed by atoms with Crippen molar-refractivity contribution in [3.8, 4) is 22.9 Å². The maximum absolute atomic E-state index is 13.4. The molecule has 0 atom stereocenters. The molecule has 0 unspecified atom stereocenters. The fourth-order valence-corrected chi connectivity index (χ4v) is 4.00. The average Bonchev–Trinajstić information content (AvgIpc) is 3.55. The highest BCUT2D eigenvalue weighted by Gasteiger charge is 2.41. The van der Waals surface area contributed by atoms with Crippen LogP contribution in [0.15, 0.2) is 53.1 Å². The second-order valence-electron chi connectivity index (χ2n) is 7.40. The van der Waals surface area contributed by atoms with Gasteiger partial charge in [0.15, 0.2) is 11.5 Å². The first-order chi connectivity index (χ1) is 14.7. The molecule has 4 heterocycles. The molecule has 0 radical (unpaired) electrons. The average molecular weight is 409 g/mol. The third-order valence-corrected chi connectivity index (χ3v) is 5.65. The van der Waals surface area contributed by atoms with E-state index in [9.17, 15) is 4.79 Å². The third-order valence-electron chi connectivity index (χ3n) is 5.65. The van der Waals surface area contributed by atoms with Gasteiger partial charge in [0.25, 0.3) is 5.91 Å². The van der Waals surface area contributed by atoms with Crippen LogP contribution in [0.3, 0.4) is 0 Å². The monoisotopic (exact) mass is 409 g/mol. The van der Waals surface area contributed by atoms with E-state index in [1.165, 1.54) is 0 Å². The number of ether oxygens (including phenoxy) is 3. The van der Waals surface area contributed by atoms with Crippen LogP contribution >= 0.6 is 0 Å². The van der Waals surface area contributed by atoms with Gasteiger partial charge in [0.05, 0.1) is 32.3 Å². The minimum Gasteiger partial charge on any atom is -0.497 e. The first-order valence-electron chi connectivity index (χ1n) is 10.0. The molecule has 2 fully saturated rings. The van der Waals surface area contributed by atoms with Gasteiger partial charge in [-0.15, -0.1) is 0 Å². The van der Waals surface area contributed by atoms with E-state index in [2.05, 4.69) is 5.10 Å². The number of nitrogens with zero attached hydrogens (tertiary/aromatic N) is 3. The van der Waals surface area contributed by atoms with Gasteiger partial charge in [-0.05, 0) is 36.4 Å². The lowest BCUT2D eigenvalue weighted by molar-refractivity contribution is -0.181. The van der Waals surface area contributed by atoms with Crippen molar-refractivity contribution < 1.29 is 23.4 Å². The van der Waals surface area contributed by atoms with Crippen molar-refractivity contribution in [2.75, 3.05) is 33.4 Å². The van der Waals surface area contributed by atoms with E-state index in [0.717, 1.165) is 11.4 Å². The quantitative estimate of drug-likeness (QED) is 0.659. The Balaban J connectivity index is 1.46. The highest BCUT2D eigenvalue weighted by molar-refractivity contribution is 5.94.